The van der Waals surface area contributed by atoms with E-state index in [0.29, 0.717) is 29.7 Å². The van der Waals surface area contributed by atoms with E-state index in [0.717, 1.165) is 16.7 Å². The van der Waals surface area contributed by atoms with Crippen LogP contribution in [0, 0.1) is 0 Å². The van der Waals surface area contributed by atoms with Crippen LogP contribution in [0.1, 0.15) is 40.4 Å². The second-order valence-corrected chi connectivity index (χ2v) is 13.6. The molecule has 2 heterocycles. The van der Waals surface area contributed by atoms with Crippen LogP contribution in [0.25, 0.3) is 50.9 Å². The summed E-state index contributed by atoms with van der Waals surface area (Å²) < 4.78 is 0. The zero-order valence-electron chi connectivity index (χ0n) is 27.0. The Kier molecular flexibility index (Phi) is 6.85. The van der Waals surface area contributed by atoms with E-state index in [1.54, 1.807) is 0 Å². The monoisotopic (exact) mass is 696 g/mol. The summed E-state index contributed by atoms with van der Waals surface area (Å²) >= 11 is 13.1. The highest BCUT2D eigenvalue weighted by atomic mass is 35.5. The fourth-order valence-corrected chi connectivity index (χ4v) is 8.51. The first-order chi connectivity index (χ1) is 25.1. The quantitative estimate of drug-likeness (QED) is 0.182. The highest BCUT2D eigenvalue weighted by Crippen LogP contribution is 2.64. The second-order valence-electron chi connectivity index (χ2n) is 12.9. The molecule has 2 atom stereocenters. The topological polar surface area (TPSA) is 77.3 Å². The van der Waals surface area contributed by atoms with E-state index in [9.17, 15) is 0 Å². The van der Waals surface area contributed by atoms with Crippen LogP contribution in [0.3, 0.4) is 0 Å². The van der Waals surface area contributed by atoms with Crippen molar-refractivity contribution in [1.29, 1.82) is 0 Å². The zero-order valence-corrected chi connectivity index (χ0v) is 28.5. The molecule has 0 aliphatic heterocycles. The van der Waals surface area contributed by atoms with Gasteiger partial charge >= 0.3 is 0 Å². The maximum absolute atomic E-state index is 6.57. The largest absolute Gasteiger partial charge is 0.226 e. The first-order valence-electron chi connectivity index (χ1n) is 16.8. The smallest absolute Gasteiger partial charge is 0.212 e. The predicted octanol–water partition coefficient (Wildman–Crippen LogP) is 10.2. The first kappa shape index (κ1) is 30.0. The Bertz CT molecular complexity index is 2600. The summed E-state index contributed by atoms with van der Waals surface area (Å²) in [5, 5.41) is 0.336. The molecular weight excluding hydrogens is 671 g/mol. The number of rotatable bonds is 4. The van der Waals surface area contributed by atoms with Crippen LogP contribution >= 0.6 is 23.2 Å². The number of aromatic nitrogens is 6. The third-order valence-corrected chi connectivity index (χ3v) is 10.6. The summed E-state index contributed by atoms with van der Waals surface area (Å²) in [5.41, 5.74) is 11.9. The number of hydrogen-bond donors (Lipinski definition) is 0. The van der Waals surface area contributed by atoms with Crippen molar-refractivity contribution in [3.05, 3.63) is 184 Å². The summed E-state index contributed by atoms with van der Waals surface area (Å²) in [6.45, 7) is 0. The molecule has 5 aromatic carbocycles. The fourth-order valence-electron chi connectivity index (χ4n) is 8.18. The van der Waals surface area contributed by atoms with E-state index in [1.807, 2.05) is 60.7 Å². The molecule has 1 spiro atoms. The van der Waals surface area contributed by atoms with Gasteiger partial charge in [-0.3, -0.25) is 0 Å². The van der Waals surface area contributed by atoms with E-state index in [1.165, 1.54) is 44.5 Å². The Balaban J connectivity index is 1.16. The average molecular weight is 698 g/mol. The molecular formula is C43H26Cl2N6. The van der Waals surface area contributed by atoms with Gasteiger partial charge in [0.25, 0.3) is 0 Å². The Labute approximate surface area is 304 Å². The number of hydrogen-bond acceptors (Lipinski definition) is 6. The maximum atomic E-state index is 6.57. The molecule has 0 saturated heterocycles. The molecule has 0 amide bonds. The van der Waals surface area contributed by atoms with Crippen molar-refractivity contribution in [2.45, 2.75) is 17.8 Å². The number of benzene rings is 5. The highest BCUT2D eigenvalue weighted by Gasteiger charge is 2.53. The van der Waals surface area contributed by atoms with Crippen LogP contribution in [0.15, 0.2) is 145 Å². The van der Waals surface area contributed by atoms with Crippen molar-refractivity contribution in [3.63, 3.8) is 0 Å². The van der Waals surface area contributed by atoms with Gasteiger partial charge < -0.3 is 0 Å². The van der Waals surface area contributed by atoms with Crippen molar-refractivity contribution in [3.8, 4) is 45.3 Å². The van der Waals surface area contributed by atoms with Crippen molar-refractivity contribution in [1.82, 2.24) is 29.9 Å². The van der Waals surface area contributed by atoms with Gasteiger partial charge in [-0.2, -0.15) is 15.0 Å². The molecule has 10 rings (SSSR count). The van der Waals surface area contributed by atoms with Crippen LogP contribution in [-0.2, 0) is 5.41 Å². The lowest BCUT2D eigenvalue weighted by molar-refractivity contribution is 0.656. The van der Waals surface area contributed by atoms with Crippen LogP contribution < -0.4 is 0 Å². The summed E-state index contributed by atoms with van der Waals surface area (Å²) in [7, 11) is 0. The van der Waals surface area contributed by atoms with Crippen molar-refractivity contribution >= 4 is 28.8 Å². The summed E-state index contributed by atoms with van der Waals surface area (Å²) in [6, 6.07) is 43.8. The normalized spacial score (nSPS) is 18.0. The van der Waals surface area contributed by atoms with Gasteiger partial charge in [-0.25, -0.2) is 15.0 Å². The number of halogens is 2. The number of nitrogens with zero attached hydrogens (tertiary/aromatic N) is 6. The molecule has 3 aliphatic carbocycles. The minimum absolute atomic E-state index is 0.118. The second kappa shape index (κ2) is 11.6. The summed E-state index contributed by atoms with van der Waals surface area (Å²) in [4.78, 5) is 28.1. The van der Waals surface area contributed by atoms with Gasteiger partial charge in [-0.15, -0.1) is 0 Å². The number of allylic oxidation sites excluding steroid dienone is 4. The average Bonchev–Trinajstić information content (AvgIpc) is 3.65. The third kappa shape index (κ3) is 4.64. The Hall–Kier alpha value is -5.82. The summed E-state index contributed by atoms with van der Waals surface area (Å²) in [6.07, 6.45) is 5.16. The fraction of sp³-hybridized carbons (Fsp3) is 0.0698. The van der Waals surface area contributed by atoms with E-state index in [2.05, 4.69) is 98.8 Å². The lowest BCUT2D eigenvalue weighted by Crippen LogP contribution is -2.29. The molecule has 0 saturated carbocycles. The van der Waals surface area contributed by atoms with E-state index in [-0.39, 0.29) is 16.5 Å². The molecule has 0 N–H and O–H groups in total. The van der Waals surface area contributed by atoms with Crippen LogP contribution in [0.2, 0.25) is 10.6 Å². The Morgan fingerprint density at radius 1 is 0.490 bits per heavy atom. The van der Waals surface area contributed by atoms with Gasteiger partial charge in [0, 0.05) is 22.6 Å². The van der Waals surface area contributed by atoms with Crippen LogP contribution in [0.5, 0.6) is 0 Å². The van der Waals surface area contributed by atoms with Gasteiger partial charge in [0.1, 0.15) is 5.82 Å². The third-order valence-electron chi connectivity index (χ3n) is 10.3. The van der Waals surface area contributed by atoms with E-state index < -0.39 is 5.41 Å². The zero-order chi connectivity index (χ0) is 34.1. The minimum Gasteiger partial charge on any atom is -0.212 e. The molecule has 51 heavy (non-hydrogen) atoms. The van der Waals surface area contributed by atoms with Gasteiger partial charge in [0.15, 0.2) is 17.5 Å². The molecule has 8 heteroatoms. The predicted molar refractivity (Wildman–Crippen MR) is 201 cm³/mol. The lowest BCUT2D eigenvalue weighted by atomic mass is 9.67. The molecule has 0 fully saturated rings. The van der Waals surface area contributed by atoms with Gasteiger partial charge in [0.2, 0.25) is 10.6 Å². The van der Waals surface area contributed by atoms with Crippen molar-refractivity contribution in [2.24, 2.45) is 0 Å². The molecule has 2 unspecified atom stereocenters. The van der Waals surface area contributed by atoms with Crippen molar-refractivity contribution < 1.29 is 0 Å². The Morgan fingerprint density at radius 3 is 1.75 bits per heavy atom. The van der Waals surface area contributed by atoms with E-state index in [4.69, 9.17) is 33.2 Å². The molecule has 2 aromatic heterocycles. The van der Waals surface area contributed by atoms with Crippen LogP contribution in [-0.4, -0.2) is 29.9 Å². The van der Waals surface area contributed by atoms with Gasteiger partial charge in [0.05, 0.1) is 5.41 Å². The minimum atomic E-state index is -0.560. The molecule has 0 bridgehead atoms. The maximum Gasteiger partial charge on any atom is 0.226 e. The Morgan fingerprint density at radius 2 is 1.04 bits per heavy atom. The lowest BCUT2D eigenvalue weighted by Gasteiger charge is -2.35. The molecule has 3 aliphatic rings. The van der Waals surface area contributed by atoms with Gasteiger partial charge in [-0.05, 0) is 80.2 Å². The molecule has 6 nitrogen and oxygen atoms in total. The van der Waals surface area contributed by atoms with E-state index >= 15 is 0 Å². The molecule has 0 radical (unpaired) electrons. The van der Waals surface area contributed by atoms with Gasteiger partial charge in [-0.1, -0.05) is 133 Å². The standard InChI is InChI=1S/C43H26Cl2N6/c44-41-48-37(25-11-3-1-4-12-25)46-39(50-41)27-19-21-31-29-15-7-9-17-33(29)43(35(31)23-27)34-18-10-8-16-30(34)32-22-20-28(24-36(32)43)40-47-38(49-42(45)51-40)26-13-5-2-6-14-26/h1-23,28H,24H2. The van der Waals surface area contributed by atoms with Crippen LogP contribution in [0.4, 0.5) is 0 Å². The molecule has 242 valence electrons. The SMILES string of the molecule is Clc1nc(-c2ccccc2)nc(-c2ccc3c(c2)C2(C4=C(C=CC(c5nc(Cl)nc(-c6ccccc6)n5)C4)c4ccccc42)c2ccccc2-3)n1. The first-order valence-corrected chi connectivity index (χ1v) is 17.5. The number of fused-ring (bicyclic) bond motifs is 9. The van der Waals surface area contributed by atoms with Crippen molar-refractivity contribution in [2.75, 3.05) is 0 Å². The summed E-state index contributed by atoms with van der Waals surface area (Å²) in [5.74, 6) is 2.16. The molecule has 7 aromatic rings. The highest BCUT2D eigenvalue weighted by molar-refractivity contribution is 6.28.